The maximum absolute atomic E-state index is 13.3. The van der Waals surface area contributed by atoms with E-state index in [2.05, 4.69) is 26.0 Å². The lowest BCUT2D eigenvalue weighted by Gasteiger charge is -2.31. The molecule has 0 aromatic heterocycles. The average Bonchev–Trinajstić information content (AvgIpc) is 2.72. The van der Waals surface area contributed by atoms with Gasteiger partial charge in [0.15, 0.2) is 11.5 Å². The van der Waals surface area contributed by atoms with Crippen LogP contribution in [0, 0.1) is 0 Å². The van der Waals surface area contributed by atoms with Gasteiger partial charge in [0.25, 0.3) is 5.91 Å². The van der Waals surface area contributed by atoms with E-state index < -0.39 is 0 Å². The number of carbonyl (C=O) groups is 1. The van der Waals surface area contributed by atoms with E-state index in [1.807, 2.05) is 48.5 Å². The molecule has 4 heteroatoms. The fourth-order valence-corrected chi connectivity index (χ4v) is 3.38. The highest BCUT2D eigenvalue weighted by atomic mass is 16.5. The molecule has 0 fully saturated rings. The molecule has 4 rings (SSSR count). The summed E-state index contributed by atoms with van der Waals surface area (Å²) in [4.78, 5) is 15.0. The number of hydrogen-bond acceptors (Lipinski definition) is 3. The Hall–Kier alpha value is -3.53. The molecular weight excluding hydrogens is 360 g/mol. The third-order valence-electron chi connectivity index (χ3n) is 5.03. The first-order valence-electron chi connectivity index (χ1n) is 9.76. The normalized spacial score (nSPS) is 14.8. The summed E-state index contributed by atoms with van der Waals surface area (Å²) in [5.41, 5.74) is 10.5. The van der Waals surface area contributed by atoms with E-state index in [0.29, 0.717) is 23.9 Å². The Morgan fingerprint density at radius 3 is 2.41 bits per heavy atom. The number of ether oxygens (including phenoxy) is 1. The Kier molecular flexibility index (Phi) is 5.09. The van der Waals surface area contributed by atoms with Crippen LogP contribution in [0.15, 0.2) is 78.6 Å². The SMILES string of the molecule is CC(C)c1ccc(/C=C2/Oc3cc(N)ccc3N(Cc3ccccc3)C2=O)cc1. The predicted octanol–water partition coefficient (Wildman–Crippen LogP) is 5.36. The zero-order valence-corrected chi connectivity index (χ0v) is 16.6. The maximum atomic E-state index is 13.3. The molecule has 0 spiro atoms. The Morgan fingerprint density at radius 2 is 1.72 bits per heavy atom. The van der Waals surface area contributed by atoms with E-state index in [-0.39, 0.29) is 11.7 Å². The van der Waals surface area contributed by atoms with Gasteiger partial charge in [-0.05, 0) is 40.8 Å². The smallest absolute Gasteiger partial charge is 0.294 e. The van der Waals surface area contributed by atoms with Crippen molar-refractivity contribution in [3.05, 3.63) is 95.2 Å². The molecule has 146 valence electrons. The van der Waals surface area contributed by atoms with Crippen molar-refractivity contribution >= 4 is 23.4 Å². The third-order valence-corrected chi connectivity index (χ3v) is 5.03. The van der Waals surface area contributed by atoms with Crippen LogP contribution in [0.3, 0.4) is 0 Å². The van der Waals surface area contributed by atoms with Gasteiger partial charge in [-0.3, -0.25) is 9.69 Å². The summed E-state index contributed by atoms with van der Waals surface area (Å²) in [6.07, 6.45) is 1.79. The van der Waals surface area contributed by atoms with Crippen molar-refractivity contribution < 1.29 is 9.53 Å². The molecule has 0 saturated carbocycles. The second kappa shape index (κ2) is 7.84. The largest absolute Gasteiger partial charge is 0.449 e. The van der Waals surface area contributed by atoms with Crippen LogP contribution in [0.2, 0.25) is 0 Å². The monoisotopic (exact) mass is 384 g/mol. The lowest BCUT2D eigenvalue weighted by Crippen LogP contribution is -2.36. The number of anilines is 2. The first-order chi connectivity index (χ1) is 14.0. The number of amides is 1. The van der Waals surface area contributed by atoms with Crippen LogP contribution in [0.1, 0.15) is 36.5 Å². The van der Waals surface area contributed by atoms with Gasteiger partial charge in [-0.1, -0.05) is 68.4 Å². The van der Waals surface area contributed by atoms with Gasteiger partial charge in [0.1, 0.15) is 0 Å². The topological polar surface area (TPSA) is 55.6 Å². The number of nitrogens with two attached hydrogens (primary N) is 1. The molecule has 0 atom stereocenters. The third kappa shape index (κ3) is 4.02. The maximum Gasteiger partial charge on any atom is 0.294 e. The molecule has 1 heterocycles. The van der Waals surface area contributed by atoms with Crippen molar-refractivity contribution in [2.75, 3.05) is 10.6 Å². The van der Waals surface area contributed by atoms with E-state index in [9.17, 15) is 4.79 Å². The van der Waals surface area contributed by atoms with Crippen molar-refractivity contribution in [3.63, 3.8) is 0 Å². The highest BCUT2D eigenvalue weighted by Gasteiger charge is 2.30. The van der Waals surface area contributed by atoms with Crippen LogP contribution in [0.25, 0.3) is 6.08 Å². The number of carbonyl (C=O) groups excluding carboxylic acids is 1. The lowest BCUT2D eigenvalue weighted by atomic mass is 10.0. The first-order valence-corrected chi connectivity index (χ1v) is 9.76. The zero-order valence-electron chi connectivity index (χ0n) is 16.6. The van der Waals surface area contributed by atoms with Crippen LogP contribution < -0.4 is 15.4 Å². The number of benzene rings is 3. The Bertz CT molecular complexity index is 1050. The van der Waals surface area contributed by atoms with Gasteiger partial charge in [0, 0.05) is 11.8 Å². The van der Waals surface area contributed by atoms with Crippen LogP contribution in [0.5, 0.6) is 5.75 Å². The summed E-state index contributed by atoms with van der Waals surface area (Å²) in [5.74, 6) is 1.17. The van der Waals surface area contributed by atoms with Gasteiger partial charge in [-0.2, -0.15) is 0 Å². The van der Waals surface area contributed by atoms with E-state index in [0.717, 1.165) is 16.8 Å². The van der Waals surface area contributed by atoms with Crippen molar-refractivity contribution in [3.8, 4) is 5.75 Å². The summed E-state index contributed by atoms with van der Waals surface area (Å²) in [6.45, 7) is 4.78. The minimum absolute atomic E-state index is 0.168. The van der Waals surface area contributed by atoms with Crippen molar-refractivity contribution in [2.24, 2.45) is 0 Å². The van der Waals surface area contributed by atoms with Crippen LogP contribution in [-0.4, -0.2) is 5.91 Å². The Labute approximate surface area is 171 Å². The molecule has 0 aliphatic carbocycles. The standard InChI is InChI=1S/C25H24N2O2/c1-17(2)20-10-8-18(9-11-20)14-24-25(28)27(16-19-6-4-3-5-7-19)22-13-12-21(26)15-23(22)29-24/h3-15,17H,16,26H2,1-2H3/b24-14+. The second-order valence-corrected chi connectivity index (χ2v) is 7.54. The highest BCUT2D eigenvalue weighted by Crippen LogP contribution is 2.38. The second-order valence-electron chi connectivity index (χ2n) is 7.54. The van der Waals surface area contributed by atoms with Gasteiger partial charge in [0.2, 0.25) is 0 Å². The summed E-state index contributed by atoms with van der Waals surface area (Å²) in [7, 11) is 0. The first kappa shape index (κ1) is 18.8. The highest BCUT2D eigenvalue weighted by molar-refractivity contribution is 6.09. The minimum atomic E-state index is -0.168. The molecule has 2 N–H and O–H groups in total. The Morgan fingerprint density at radius 1 is 1.00 bits per heavy atom. The molecule has 3 aromatic carbocycles. The fourth-order valence-electron chi connectivity index (χ4n) is 3.38. The molecule has 4 nitrogen and oxygen atoms in total. The molecule has 1 aliphatic heterocycles. The number of nitrogens with zero attached hydrogens (tertiary/aromatic N) is 1. The Balaban J connectivity index is 1.71. The van der Waals surface area contributed by atoms with Gasteiger partial charge >= 0.3 is 0 Å². The number of rotatable bonds is 4. The molecular formula is C25H24N2O2. The summed E-state index contributed by atoms with van der Waals surface area (Å²) in [6, 6.07) is 23.5. The summed E-state index contributed by atoms with van der Waals surface area (Å²) in [5, 5.41) is 0. The molecule has 0 unspecified atom stereocenters. The quantitative estimate of drug-likeness (QED) is 0.487. The van der Waals surface area contributed by atoms with E-state index in [4.69, 9.17) is 10.5 Å². The number of fused-ring (bicyclic) bond motifs is 1. The minimum Gasteiger partial charge on any atom is -0.449 e. The molecule has 0 bridgehead atoms. The fraction of sp³-hybridized carbons (Fsp3) is 0.160. The predicted molar refractivity (Wildman–Crippen MR) is 118 cm³/mol. The van der Waals surface area contributed by atoms with Crippen molar-refractivity contribution in [2.45, 2.75) is 26.3 Å². The van der Waals surface area contributed by atoms with Gasteiger partial charge in [-0.15, -0.1) is 0 Å². The van der Waals surface area contributed by atoms with Crippen LogP contribution in [-0.2, 0) is 11.3 Å². The molecule has 3 aromatic rings. The van der Waals surface area contributed by atoms with E-state index in [1.165, 1.54) is 5.56 Å². The van der Waals surface area contributed by atoms with Crippen molar-refractivity contribution in [1.82, 2.24) is 0 Å². The van der Waals surface area contributed by atoms with E-state index in [1.54, 1.807) is 23.1 Å². The number of nitrogen functional groups attached to an aromatic ring is 1. The van der Waals surface area contributed by atoms with Gasteiger partial charge in [-0.25, -0.2) is 0 Å². The van der Waals surface area contributed by atoms with Crippen molar-refractivity contribution in [1.29, 1.82) is 0 Å². The average molecular weight is 384 g/mol. The number of hydrogen-bond donors (Lipinski definition) is 1. The molecule has 0 radical (unpaired) electrons. The summed E-state index contributed by atoms with van der Waals surface area (Å²) < 4.78 is 5.96. The van der Waals surface area contributed by atoms with Gasteiger partial charge in [0.05, 0.1) is 12.2 Å². The molecule has 29 heavy (non-hydrogen) atoms. The zero-order chi connectivity index (χ0) is 20.4. The van der Waals surface area contributed by atoms with Crippen LogP contribution in [0.4, 0.5) is 11.4 Å². The molecule has 1 amide bonds. The van der Waals surface area contributed by atoms with Crippen LogP contribution >= 0.6 is 0 Å². The molecule has 1 aliphatic rings. The molecule has 0 saturated heterocycles. The van der Waals surface area contributed by atoms with E-state index >= 15 is 0 Å². The van der Waals surface area contributed by atoms with Gasteiger partial charge < -0.3 is 10.5 Å². The summed E-state index contributed by atoms with van der Waals surface area (Å²) >= 11 is 0. The lowest BCUT2D eigenvalue weighted by molar-refractivity contribution is -0.117.